The van der Waals surface area contributed by atoms with E-state index in [1.807, 2.05) is 30.3 Å². The number of hydrogen-bond donors (Lipinski definition) is 0. The first kappa shape index (κ1) is 20.8. The second-order valence-corrected chi connectivity index (χ2v) is 12.3. The number of halogens is 1. The summed E-state index contributed by atoms with van der Waals surface area (Å²) in [5.74, 6) is -0.562. The van der Waals surface area contributed by atoms with E-state index in [4.69, 9.17) is 16.0 Å². The van der Waals surface area contributed by atoms with Crippen molar-refractivity contribution in [2.45, 2.75) is 51.0 Å². The van der Waals surface area contributed by atoms with Crippen LogP contribution >= 0.6 is 11.6 Å². The average molecular weight is 416 g/mol. The van der Waals surface area contributed by atoms with Crippen molar-refractivity contribution in [2.75, 3.05) is 0 Å². The van der Waals surface area contributed by atoms with Crippen LogP contribution in [0.3, 0.4) is 0 Å². The third kappa shape index (κ3) is 3.79. The van der Waals surface area contributed by atoms with Crippen LogP contribution < -0.4 is 0 Å². The molecule has 0 aliphatic carbocycles. The summed E-state index contributed by atoms with van der Waals surface area (Å²) in [6.07, 6.45) is -0.592. The lowest BCUT2D eigenvalue weighted by Gasteiger charge is -2.48. The number of carbonyl (C=O) groups excluding carboxylic acids is 2. The van der Waals surface area contributed by atoms with Gasteiger partial charge in [-0.05, 0) is 48.0 Å². The van der Waals surface area contributed by atoms with Crippen LogP contribution in [0, 0.1) is 0 Å². The molecule has 0 radical (unpaired) electrons. The number of nitrogens with zero attached hydrogens (tertiary/aromatic N) is 1. The van der Waals surface area contributed by atoms with Crippen LogP contribution in [0.5, 0.6) is 0 Å². The summed E-state index contributed by atoms with van der Waals surface area (Å²) in [6.45, 7) is 6.41. The Labute approximate surface area is 172 Å². The van der Waals surface area contributed by atoms with E-state index in [1.54, 1.807) is 24.3 Å². The first-order valence-corrected chi connectivity index (χ1v) is 12.7. The molecule has 1 aliphatic heterocycles. The molecule has 4 nitrogen and oxygen atoms in total. The number of likely N-dealkylation sites (tertiary alicyclic amines) is 1. The summed E-state index contributed by atoms with van der Waals surface area (Å²) in [7, 11) is -1.99. The Morgan fingerprint density at radius 3 is 2.11 bits per heavy atom. The summed E-state index contributed by atoms with van der Waals surface area (Å²) >= 11 is 5.93. The van der Waals surface area contributed by atoms with Gasteiger partial charge in [0, 0.05) is 10.6 Å². The fraction of sp³-hybridized carbons (Fsp3) is 0.364. The number of hydrogen-bond acceptors (Lipinski definition) is 3. The van der Waals surface area contributed by atoms with Gasteiger partial charge >= 0.3 is 0 Å². The van der Waals surface area contributed by atoms with Gasteiger partial charge in [0.2, 0.25) is 0 Å². The van der Waals surface area contributed by atoms with E-state index in [0.717, 1.165) is 23.7 Å². The van der Waals surface area contributed by atoms with Gasteiger partial charge in [-0.2, -0.15) is 0 Å². The molecular formula is C22H26ClNO3Si. The number of imide groups is 1. The minimum absolute atomic E-state index is 0.249. The van der Waals surface area contributed by atoms with Gasteiger partial charge in [0.05, 0.1) is 6.04 Å². The van der Waals surface area contributed by atoms with E-state index in [-0.39, 0.29) is 11.8 Å². The van der Waals surface area contributed by atoms with E-state index < -0.39 is 20.5 Å². The summed E-state index contributed by atoms with van der Waals surface area (Å²) in [6, 6.07) is 18.8. The third-order valence-electron chi connectivity index (χ3n) is 5.81. The first-order chi connectivity index (χ1) is 13.5. The van der Waals surface area contributed by atoms with Crippen LogP contribution in [0.4, 0.5) is 0 Å². The smallest absolute Gasteiger partial charge is 0.261 e. The molecule has 2 aromatic carbocycles. The molecule has 6 heteroatoms. The normalized spacial score (nSPS) is 19.4. The zero-order valence-electron chi connectivity index (χ0n) is 16.5. The highest BCUT2D eigenvalue weighted by atomic mass is 35.5. The molecule has 1 saturated heterocycles. The second-order valence-electron chi connectivity index (χ2n) is 7.16. The molecule has 28 heavy (non-hydrogen) atoms. The van der Waals surface area contributed by atoms with Gasteiger partial charge in [0.1, 0.15) is 0 Å². The molecule has 0 spiro atoms. The fourth-order valence-electron chi connectivity index (χ4n) is 3.78. The van der Waals surface area contributed by atoms with Crippen molar-refractivity contribution in [3.63, 3.8) is 0 Å². The van der Waals surface area contributed by atoms with Gasteiger partial charge in [-0.15, -0.1) is 0 Å². The van der Waals surface area contributed by atoms with Crippen LogP contribution in [-0.2, 0) is 9.22 Å². The predicted molar refractivity (Wildman–Crippen MR) is 114 cm³/mol. The Bertz CT molecular complexity index is 828. The van der Waals surface area contributed by atoms with Crippen LogP contribution in [0.25, 0.3) is 0 Å². The zero-order valence-corrected chi connectivity index (χ0v) is 18.3. The van der Waals surface area contributed by atoms with Gasteiger partial charge in [0.15, 0.2) is 14.4 Å². The number of rotatable bonds is 7. The molecule has 2 atom stereocenters. The topological polar surface area (TPSA) is 46.6 Å². The average Bonchev–Trinajstić information content (AvgIpc) is 2.74. The Morgan fingerprint density at radius 2 is 1.57 bits per heavy atom. The lowest BCUT2D eigenvalue weighted by molar-refractivity contribution is -0.158. The maximum absolute atomic E-state index is 13.1. The summed E-state index contributed by atoms with van der Waals surface area (Å²) < 4.78 is 6.51. The van der Waals surface area contributed by atoms with E-state index in [1.165, 1.54) is 4.90 Å². The van der Waals surface area contributed by atoms with Gasteiger partial charge in [-0.1, -0.05) is 62.7 Å². The maximum atomic E-state index is 13.1. The summed E-state index contributed by atoms with van der Waals surface area (Å²) in [5.41, 5.74) is 1.36. The van der Waals surface area contributed by atoms with Gasteiger partial charge in [-0.3, -0.25) is 14.5 Å². The molecule has 1 aliphatic rings. The summed E-state index contributed by atoms with van der Waals surface area (Å²) in [4.78, 5) is 27.4. The first-order valence-electron chi connectivity index (χ1n) is 9.82. The summed E-state index contributed by atoms with van der Waals surface area (Å²) in [5, 5.41) is 0.553. The molecule has 0 unspecified atom stereocenters. The molecule has 2 aromatic rings. The highest BCUT2D eigenvalue weighted by molar-refractivity contribution is 6.73. The fourth-order valence-corrected chi connectivity index (χ4v) is 6.67. The molecule has 0 aromatic heterocycles. The van der Waals surface area contributed by atoms with Crippen molar-refractivity contribution < 1.29 is 14.0 Å². The van der Waals surface area contributed by atoms with E-state index in [9.17, 15) is 9.59 Å². The SMILES string of the molecule is CC[Si](CC)(CC)O[C@H]1C(=O)N(C(=O)c2ccc(Cl)cc2)[C@H]1c1ccccc1. The minimum Gasteiger partial charge on any atom is -0.403 e. The Balaban J connectivity index is 1.93. The molecule has 2 amide bonds. The van der Waals surface area contributed by atoms with Crippen molar-refractivity contribution in [1.29, 1.82) is 0 Å². The molecule has 0 saturated carbocycles. The standard InChI is InChI=1S/C22H26ClNO3Si/c1-4-28(5-2,6-3)27-20-19(16-10-8-7-9-11-16)24(22(20)26)21(25)17-12-14-18(23)15-13-17/h7-15,19-20H,4-6H2,1-3H3/t19-,20+/m0/s1. The lowest BCUT2D eigenvalue weighted by Crippen LogP contribution is -2.64. The lowest BCUT2D eigenvalue weighted by atomic mass is 9.90. The highest BCUT2D eigenvalue weighted by Crippen LogP contribution is 2.41. The van der Waals surface area contributed by atoms with Crippen LogP contribution in [0.2, 0.25) is 23.2 Å². The van der Waals surface area contributed by atoms with E-state index in [0.29, 0.717) is 10.6 Å². The third-order valence-corrected chi connectivity index (χ3v) is 10.7. The van der Waals surface area contributed by atoms with Crippen molar-refractivity contribution in [3.8, 4) is 0 Å². The van der Waals surface area contributed by atoms with Crippen LogP contribution in [0.1, 0.15) is 42.7 Å². The predicted octanol–water partition coefficient (Wildman–Crippen LogP) is 5.45. The molecule has 0 bridgehead atoms. The Kier molecular flexibility index (Phi) is 6.38. The zero-order chi connectivity index (χ0) is 20.3. The monoisotopic (exact) mass is 415 g/mol. The largest absolute Gasteiger partial charge is 0.403 e. The second kappa shape index (κ2) is 8.60. The Hall–Kier alpha value is -1.95. The van der Waals surface area contributed by atoms with Crippen LogP contribution in [0.15, 0.2) is 54.6 Å². The Morgan fingerprint density at radius 1 is 1.00 bits per heavy atom. The molecule has 1 fully saturated rings. The number of benzene rings is 2. The van der Waals surface area contributed by atoms with Crippen molar-refractivity contribution in [1.82, 2.24) is 4.90 Å². The van der Waals surface area contributed by atoms with Crippen molar-refractivity contribution in [3.05, 3.63) is 70.7 Å². The maximum Gasteiger partial charge on any atom is 0.261 e. The molecule has 148 valence electrons. The number of β-lactam (4-membered cyclic amide) rings is 1. The van der Waals surface area contributed by atoms with Gasteiger partial charge in [0.25, 0.3) is 11.8 Å². The molecular weight excluding hydrogens is 390 g/mol. The molecule has 1 heterocycles. The van der Waals surface area contributed by atoms with Crippen molar-refractivity contribution in [2.24, 2.45) is 0 Å². The van der Waals surface area contributed by atoms with E-state index >= 15 is 0 Å². The highest BCUT2D eigenvalue weighted by Gasteiger charge is 2.54. The quantitative estimate of drug-likeness (QED) is 0.343. The van der Waals surface area contributed by atoms with Gasteiger partial charge < -0.3 is 4.43 Å². The molecule has 0 N–H and O–H groups in total. The number of carbonyl (C=O) groups is 2. The van der Waals surface area contributed by atoms with Gasteiger partial charge in [-0.25, -0.2) is 0 Å². The molecule has 3 rings (SSSR count). The van der Waals surface area contributed by atoms with Crippen LogP contribution in [-0.4, -0.2) is 31.1 Å². The van der Waals surface area contributed by atoms with E-state index in [2.05, 4.69) is 20.8 Å². The number of amides is 2. The minimum atomic E-state index is -1.99. The van der Waals surface area contributed by atoms with Crippen molar-refractivity contribution >= 4 is 31.7 Å².